The summed E-state index contributed by atoms with van der Waals surface area (Å²) in [7, 11) is 0. The number of amides is 1. The van der Waals surface area contributed by atoms with E-state index in [9.17, 15) is 9.18 Å². The SMILES string of the molecule is CC(C)(C)OC(=O)NNCC1CCC(c2ccnc3ccc(F)cc23)CC1. The first-order valence-electron chi connectivity index (χ1n) is 9.58. The van der Waals surface area contributed by atoms with E-state index >= 15 is 0 Å². The molecule has 1 saturated carbocycles. The monoisotopic (exact) mass is 373 g/mol. The lowest BCUT2D eigenvalue weighted by Crippen LogP contribution is -2.43. The number of hydrogen-bond acceptors (Lipinski definition) is 4. The number of ether oxygens (including phenoxy) is 1. The van der Waals surface area contributed by atoms with Crippen LogP contribution in [0.1, 0.15) is 57.9 Å². The third-order valence-electron chi connectivity index (χ3n) is 5.00. The summed E-state index contributed by atoms with van der Waals surface area (Å²) >= 11 is 0. The lowest BCUT2D eigenvalue weighted by Gasteiger charge is -2.29. The molecule has 2 aromatic rings. The Morgan fingerprint density at radius 1 is 1.22 bits per heavy atom. The zero-order chi connectivity index (χ0) is 19.4. The van der Waals surface area contributed by atoms with E-state index in [1.165, 1.54) is 11.6 Å². The van der Waals surface area contributed by atoms with Crippen LogP contribution in [0, 0.1) is 11.7 Å². The molecule has 3 rings (SSSR count). The van der Waals surface area contributed by atoms with Gasteiger partial charge in [0.15, 0.2) is 0 Å². The molecule has 1 aliphatic carbocycles. The van der Waals surface area contributed by atoms with Gasteiger partial charge in [0.2, 0.25) is 0 Å². The van der Waals surface area contributed by atoms with Gasteiger partial charge < -0.3 is 4.74 Å². The number of nitrogens with zero attached hydrogens (tertiary/aromatic N) is 1. The summed E-state index contributed by atoms with van der Waals surface area (Å²) < 4.78 is 18.9. The molecule has 0 bridgehead atoms. The molecule has 1 aliphatic rings. The first kappa shape index (κ1) is 19.5. The molecule has 1 amide bonds. The molecule has 27 heavy (non-hydrogen) atoms. The van der Waals surface area contributed by atoms with Crippen molar-refractivity contribution < 1.29 is 13.9 Å². The number of carbonyl (C=O) groups is 1. The standard InChI is InChI=1S/C21H28FN3O2/c1-21(2,3)27-20(26)25-24-13-14-4-6-15(7-5-14)17-10-11-23-19-9-8-16(22)12-18(17)19/h8-12,14-15,24H,4-7,13H2,1-3H3,(H,25,26). The van der Waals surface area contributed by atoms with Gasteiger partial charge in [0.05, 0.1) is 5.52 Å². The van der Waals surface area contributed by atoms with Crippen molar-refractivity contribution >= 4 is 17.0 Å². The minimum absolute atomic E-state index is 0.220. The summed E-state index contributed by atoms with van der Waals surface area (Å²) in [5.41, 5.74) is 7.12. The molecule has 1 fully saturated rings. The van der Waals surface area contributed by atoms with Crippen LogP contribution in [0.3, 0.4) is 0 Å². The van der Waals surface area contributed by atoms with Gasteiger partial charge in [0.1, 0.15) is 11.4 Å². The number of carbonyl (C=O) groups excluding carboxylic acids is 1. The van der Waals surface area contributed by atoms with Crippen molar-refractivity contribution in [2.24, 2.45) is 5.92 Å². The summed E-state index contributed by atoms with van der Waals surface area (Å²) in [4.78, 5) is 16.0. The second kappa shape index (κ2) is 8.21. The number of pyridine rings is 1. The first-order valence-corrected chi connectivity index (χ1v) is 9.58. The molecule has 2 N–H and O–H groups in total. The molecule has 0 radical (unpaired) electrons. The molecule has 1 heterocycles. The largest absolute Gasteiger partial charge is 0.443 e. The Kier molecular flexibility index (Phi) is 5.95. The third-order valence-corrected chi connectivity index (χ3v) is 5.00. The van der Waals surface area contributed by atoms with Crippen LogP contribution in [0.15, 0.2) is 30.5 Å². The van der Waals surface area contributed by atoms with E-state index in [1.807, 2.05) is 33.0 Å². The van der Waals surface area contributed by atoms with Crippen molar-refractivity contribution in [2.75, 3.05) is 6.54 Å². The average molecular weight is 373 g/mol. The number of hydrazine groups is 1. The molecular weight excluding hydrogens is 345 g/mol. The van der Waals surface area contributed by atoms with E-state index in [2.05, 4.69) is 15.8 Å². The predicted molar refractivity (Wildman–Crippen MR) is 104 cm³/mol. The van der Waals surface area contributed by atoms with E-state index in [-0.39, 0.29) is 5.82 Å². The van der Waals surface area contributed by atoms with Gasteiger partial charge in [0, 0.05) is 18.1 Å². The van der Waals surface area contributed by atoms with E-state index < -0.39 is 11.7 Å². The highest BCUT2D eigenvalue weighted by atomic mass is 19.1. The fraction of sp³-hybridized carbons (Fsp3) is 0.524. The molecule has 1 aromatic heterocycles. The fourth-order valence-electron chi connectivity index (χ4n) is 3.74. The lowest BCUT2D eigenvalue weighted by molar-refractivity contribution is 0.0493. The number of fused-ring (bicyclic) bond motifs is 1. The Morgan fingerprint density at radius 2 is 1.96 bits per heavy atom. The predicted octanol–water partition coefficient (Wildman–Crippen LogP) is 4.68. The van der Waals surface area contributed by atoms with Gasteiger partial charge in [-0.15, -0.1) is 0 Å². The molecule has 0 aliphatic heterocycles. The number of aromatic nitrogens is 1. The topological polar surface area (TPSA) is 63.2 Å². The molecule has 0 atom stereocenters. The lowest BCUT2D eigenvalue weighted by atomic mass is 9.78. The normalized spacial score (nSPS) is 20.4. The minimum atomic E-state index is -0.503. The van der Waals surface area contributed by atoms with Gasteiger partial charge in [-0.05, 0) is 88.1 Å². The van der Waals surface area contributed by atoms with Crippen molar-refractivity contribution in [3.8, 4) is 0 Å². The van der Waals surface area contributed by atoms with E-state index in [0.717, 1.165) is 43.1 Å². The molecular formula is C21H28FN3O2. The summed E-state index contributed by atoms with van der Waals surface area (Å²) in [5, 5.41) is 0.922. The van der Waals surface area contributed by atoms with Crippen LogP contribution in [-0.2, 0) is 4.74 Å². The molecule has 146 valence electrons. The van der Waals surface area contributed by atoms with Crippen molar-refractivity contribution in [3.05, 3.63) is 41.8 Å². The zero-order valence-corrected chi connectivity index (χ0v) is 16.2. The van der Waals surface area contributed by atoms with Crippen molar-refractivity contribution in [1.82, 2.24) is 15.8 Å². The molecule has 0 unspecified atom stereocenters. The summed E-state index contributed by atoms with van der Waals surface area (Å²) in [5.74, 6) is 0.705. The van der Waals surface area contributed by atoms with Crippen molar-refractivity contribution in [1.29, 1.82) is 0 Å². The summed E-state index contributed by atoms with van der Waals surface area (Å²) in [6.07, 6.45) is 5.58. The van der Waals surface area contributed by atoms with Gasteiger partial charge in [-0.1, -0.05) is 0 Å². The van der Waals surface area contributed by atoms with Crippen LogP contribution >= 0.6 is 0 Å². The Labute approximate surface area is 159 Å². The van der Waals surface area contributed by atoms with Crippen molar-refractivity contribution in [2.45, 2.75) is 58.0 Å². The maximum Gasteiger partial charge on any atom is 0.422 e. The van der Waals surface area contributed by atoms with E-state index in [1.54, 1.807) is 12.1 Å². The smallest absolute Gasteiger partial charge is 0.422 e. The quantitative estimate of drug-likeness (QED) is 0.764. The van der Waals surface area contributed by atoms with Crippen LogP contribution in [0.25, 0.3) is 10.9 Å². The van der Waals surface area contributed by atoms with Gasteiger partial charge in [0.25, 0.3) is 0 Å². The van der Waals surface area contributed by atoms with Gasteiger partial charge in [-0.25, -0.2) is 14.6 Å². The van der Waals surface area contributed by atoms with E-state index in [4.69, 9.17) is 4.74 Å². The minimum Gasteiger partial charge on any atom is -0.443 e. The number of rotatable bonds is 4. The number of hydrogen-bond donors (Lipinski definition) is 2. The van der Waals surface area contributed by atoms with Crippen LogP contribution in [0.5, 0.6) is 0 Å². The highest BCUT2D eigenvalue weighted by Gasteiger charge is 2.24. The van der Waals surface area contributed by atoms with Gasteiger partial charge in [-0.2, -0.15) is 0 Å². The number of halogens is 1. The van der Waals surface area contributed by atoms with Crippen LogP contribution in [-0.4, -0.2) is 23.2 Å². The Morgan fingerprint density at radius 3 is 2.67 bits per heavy atom. The second-order valence-corrected chi connectivity index (χ2v) is 8.29. The average Bonchev–Trinajstić information content (AvgIpc) is 2.60. The van der Waals surface area contributed by atoms with Gasteiger partial charge >= 0.3 is 6.09 Å². The van der Waals surface area contributed by atoms with Crippen LogP contribution in [0.4, 0.5) is 9.18 Å². The number of nitrogens with one attached hydrogen (secondary N) is 2. The molecule has 5 nitrogen and oxygen atoms in total. The first-order chi connectivity index (χ1) is 12.8. The Bertz CT molecular complexity index is 796. The van der Waals surface area contributed by atoms with Crippen LogP contribution < -0.4 is 10.9 Å². The highest BCUT2D eigenvalue weighted by molar-refractivity contribution is 5.82. The maximum absolute atomic E-state index is 13.7. The van der Waals surface area contributed by atoms with Crippen LogP contribution in [0.2, 0.25) is 0 Å². The summed E-state index contributed by atoms with van der Waals surface area (Å²) in [6.45, 7) is 6.23. The Balaban J connectivity index is 1.51. The zero-order valence-electron chi connectivity index (χ0n) is 16.2. The maximum atomic E-state index is 13.7. The molecule has 0 saturated heterocycles. The fourth-order valence-corrected chi connectivity index (χ4v) is 3.74. The van der Waals surface area contributed by atoms with E-state index in [0.29, 0.717) is 11.8 Å². The molecule has 0 spiro atoms. The molecule has 1 aromatic carbocycles. The van der Waals surface area contributed by atoms with Crippen molar-refractivity contribution in [3.63, 3.8) is 0 Å². The Hall–Kier alpha value is -2.21. The number of benzene rings is 1. The second-order valence-electron chi connectivity index (χ2n) is 8.29. The summed E-state index contributed by atoms with van der Waals surface area (Å²) in [6, 6.07) is 6.82. The van der Waals surface area contributed by atoms with Gasteiger partial charge in [-0.3, -0.25) is 10.4 Å². The highest BCUT2D eigenvalue weighted by Crippen LogP contribution is 2.38. The molecule has 6 heteroatoms. The third kappa shape index (κ3) is 5.39.